The molecule has 7 heteroatoms. The Bertz CT molecular complexity index is 708. The van der Waals surface area contributed by atoms with E-state index in [0.717, 1.165) is 43.6 Å². The maximum absolute atomic E-state index is 12.8. The number of amides is 1. The molecular formula is C18H27N5O2. The zero-order valence-electron chi connectivity index (χ0n) is 15.3. The van der Waals surface area contributed by atoms with Gasteiger partial charge in [-0.3, -0.25) is 9.48 Å². The van der Waals surface area contributed by atoms with Crippen molar-refractivity contribution >= 4 is 5.91 Å². The van der Waals surface area contributed by atoms with E-state index in [2.05, 4.69) is 29.1 Å². The highest BCUT2D eigenvalue weighted by atomic mass is 16.5. The molecule has 25 heavy (non-hydrogen) atoms. The first kappa shape index (κ1) is 17.6. The summed E-state index contributed by atoms with van der Waals surface area (Å²) in [6, 6.07) is -0.0829. The molecule has 2 atom stereocenters. The number of hydrogen-bond donors (Lipinski definition) is 0. The van der Waals surface area contributed by atoms with Crippen molar-refractivity contribution in [3.05, 3.63) is 29.7 Å². The zero-order valence-corrected chi connectivity index (χ0v) is 15.3. The highest BCUT2D eigenvalue weighted by molar-refractivity contribution is 5.77. The largest absolute Gasteiger partial charge is 0.337 e. The Kier molecular flexibility index (Phi) is 5.50. The minimum atomic E-state index is -0.0829. The topological polar surface area (TPSA) is 77.0 Å². The molecule has 1 saturated heterocycles. The van der Waals surface area contributed by atoms with E-state index < -0.39 is 0 Å². The molecule has 2 aromatic rings. The Morgan fingerprint density at radius 1 is 1.44 bits per heavy atom. The number of hydrogen-bond acceptors (Lipinski definition) is 5. The highest BCUT2D eigenvalue weighted by Crippen LogP contribution is 2.31. The van der Waals surface area contributed by atoms with Crippen molar-refractivity contribution in [2.45, 2.75) is 64.3 Å². The van der Waals surface area contributed by atoms with Gasteiger partial charge in [0.15, 0.2) is 5.82 Å². The van der Waals surface area contributed by atoms with Gasteiger partial charge < -0.3 is 9.42 Å². The first-order chi connectivity index (χ1) is 12.1. The van der Waals surface area contributed by atoms with Gasteiger partial charge in [0.25, 0.3) is 0 Å². The number of piperidine rings is 1. The van der Waals surface area contributed by atoms with Gasteiger partial charge in [-0.2, -0.15) is 10.1 Å². The molecule has 2 aromatic heterocycles. The molecule has 0 saturated carbocycles. The molecule has 0 bridgehead atoms. The fraction of sp³-hybridized carbons (Fsp3) is 0.667. The second-order valence-electron chi connectivity index (χ2n) is 6.92. The Morgan fingerprint density at radius 3 is 3.00 bits per heavy atom. The van der Waals surface area contributed by atoms with Gasteiger partial charge in [0, 0.05) is 32.1 Å². The lowest BCUT2D eigenvalue weighted by atomic mass is 10.0. The molecule has 3 rings (SSSR count). The van der Waals surface area contributed by atoms with E-state index in [9.17, 15) is 4.79 Å². The quantitative estimate of drug-likeness (QED) is 0.804. The molecule has 1 fully saturated rings. The normalized spacial score (nSPS) is 19.2. The van der Waals surface area contributed by atoms with Crippen molar-refractivity contribution in [3.63, 3.8) is 0 Å². The predicted octanol–water partition coefficient (Wildman–Crippen LogP) is 3.00. The summed E-state index contributed by atoms with van der Waals surface area (Å²) >= 11 is 0. The van der Waals surface area contributed by atoms with Crippen molar-refractivity contribution < 1.29 is 9.32 Å². The maximum atomic E-state index is 12.8. The van der Waals surface area contributed by atoms with Gasteiger partial charge in [0.2, 0.25) is 11.8 Å². The predicted molar refractivity (Wildman–Crippen MR) is 92.8 cm³/mol. The van der Waals surface area contributed by atoms with Crippen LogP contribution in [0.2, 0.25) is 0 Å². The van der Waals surface area contributed by atoms with Crippen LogP contribution in [0.1, 0.15) is 75.2 Å². The maximum Gasteiger partial charge on any atom is 0.249 e. The van der Waals surface area contributed by atoms with E-state index in [1.165, 1.54) is 0 Å². The molecule has 1 aliphatic heterocycles. The van der Waals surface area contributed by atoms with Crippen LogP contribution in [0, 0.1) is 0 Å². The molecule has 7 nitrogen and oxygen atoms in total. The first-order valence-corrected chi connectivity index (χ1v) is 9.19. The number of aromatic nitrogens is 4. The minimum Gasteiger partial charge on any atom is -0.337 e. The minimum absolute atomic E-state index is 0.0829. The van der Waals surface area contributed by atoms with Gasteiger partial charge >= 0.3 is 0 Å². The molecule has 1 aliphatic rings. The molecule has 0 N–H and O–H groups in total. The summed E-state index contributed by atoms with van der Waals surface area (Å²) in [4.78, 5) is 19.3. The SMILES string of the molecule is CC[C@@H](C)c1noc([C@H]2CCCCN2C(=O)CCc2cnn(C)c2)n1. The molecule has 136 valence electrons. The first-order valence-electron chi connectivity index (χ1n) is 9.19. The average Bonchev–Trinajstić information content (AvgIpc) is 3.28. The summed E-state index contributed by atoms with van der Waals surface area (Å²) in [6.07, 6.45) is 8.93. The molecule has 0 unspecified atom stereocenters. The smallest absolute Gasteiger partial charge is 0.249 e. The molecular weight excluding hydrogens is 318 g/mol. The number of carbonyl (C=O) groups excluding carboxylic acids is 1. The second-order valence-corrected chi connectivity index (χ2v) is 6.92. The zero-order chi connectivity index (χ0) is 17.8. The van der Waals surface area contributed by atoms with Crippen LogP contribution in [0.15, 0.2) is 16.9 Å². The van der Waals surface area contributed by atoms with Gasteiger partial charge in [-0.25, -0.2) is 0 Å². The summed E-state index contributed by atoms with van der Waals surface area (Å²) < 4.78 is 7.27. The van der Waals surface area contributed by atoms with Crippen molar-refractivity contribution in [1.82, 2.24) is 24.8 Å². The van der Waals surface area contributed by atoms with Gasteiger partial charge in [-0.1, -0.05) is 19.0 Å². The van der Waals surface area contributed by atoms with E-state index in [-0.39, 0.29) is 17.9 Å². The van der Waals surface area contributed by atoms with E-state index >= 15 is 0 Å². The monoisotopic (exact) mass is 345 g/mol. The van der Waals surface area contributed by atoms with Crippen LogP contribution < -0.4 is 0 Å². The van der Waals surface area contributed by atoms with E-state index in [1.807, 2.05) is 24.3 Å². The summed E-state index contributed by atoms with van der Waals surface area (Å²) in [6.45, 7) is 4.96. The van der Waals surface area contributed by atoms with Crippen LogP contribution in [0.4, 0.5) is 0 Å². The summed E-state index contributed by atoms with van der Waals surface area (Å²) in [5.74, 6) is 1.75. The third-order valence-electron chi connectivity index (χ3n) is 5.00. The lowest BCUT2D eigenvalue weighted by Gasteiger charge is -2.33. The Balaban J connectivity index is 1.67. The molecule has 0 aliphatic carbocycles. The average molecular weight is 345 g/mol. The van der Waals surface area contributed by atoms with Gasteiger partial charge in [-0.05, 0) is 37.7 Å². The fourth-order valence-corrected chi connectivity index (χ4v) is 3.25. The van der Waals surface area contributed by atoms with Crippen molar-refractivity contribution in [1.29, 1.82) is 0 Å². The lowest BCUT2D eigenvalue weighted by molar-refractivity contribution is -0.135. The molecule has 0 radical (unpaired) electrons. The van der Waals surface area contributed by atoms with E-state index in [0.29, 0.717) is 18.7 Å². The standard InChI is InChI=1S/C18H27N5O2/c1-4-13(2)17-20-18(25-21-17)15-7-5-6-10-23(15)16(24)9-8-14-11-19-22(3)12-14/h11-13,15H,4-10H2,1-3H3/t13-,15-/m1/s1. The fourth-order valence-electron chi connectivity index (χ4n) is 3.25. The Hall–Kier alpha value is -2.18. The van der Waals surface area contributed by atoms with Crippen LogP contribution in [-0.4, -0.2) is 37.3 Å². The summed E-state index contributed by atoms with van der Waals surface area (Å²) in [5, 5.41) is 8.27. The number of nitrogens with zero attached hydrogens (tertiary/aromatic N) is 5. The van der Waals surface area contributed by atoms with Crippen molar-refractivity contribution in [2.75, 3.05) is 6.54 Å². The van der Waals surface area contributed by atoms with Gasteiger partial charge in [0.05, 0.1) is 6.20 Å². The Morgan fingerprint density at radius 2 is 2.28 bits per heavy atom. The number of aryl methyl sites for hydroxylation is 2. The van der Waals surface area contributed by atoms with Crippen molar-refractivity contribution in [2.24, 2.45) is 7.05 Å². The number of carbonyl (C=O) groups is 1. The van der Waals surface area contributed by atoms with Crippen LogP contribution in [0.25, 0.3) is 0 Å². The number of likely N-dealkylation sites (tertiary alicyclic amines) is 1. The third kappa shape index (κ3) is 4.08. The van der Waals surface area contributed by atoms with E-state index in [4.69, 9.17) is 4.52 Å². The third-order valence-corrected chi connectivity index (χ3v) is 5.00. The van der Waals surface area contributed by atoms with Crippen LogP contribution in [-0.2, 0) is 18.3 Å². The molecule has 3 heterocycles. The highest BCUT2D eigenvalue weighted by Gasteiger charge is 2.32. The Labute approximate surface area is 148 Å². The van der Waals surface area contributed by atoms with E-state index in [1.54, 1.807) is 4.68 Å². The second kappa shape index (κ2) is 7.80. The molecule has 0 spiro atoms. The molecule has 0 aromatic carbocycles. The summed E-state index contributed by atoms with van der Waals surface area (Å²) in [7, 11) is 1.89. The number of rotatable bonds is 6. The van der Waals surface area contributed by atoms with Crippen LogP contribution >= 0.6 is 0 Å². The van der Waals surface area contributed by atoms with Gasteiger partial charge in [-0.15, -0.1) is 0 Å². The van der Waals surface area contributed by atoms with Crippen molar-refractivity contribution in [3.8, 4) is 0 Å². The summed E-state index contributed by atoms with van der Waals surface area (Å²) in [5.41, 5.74) is 1.08. The van der Waals surface area contributed by atoms with Crippen LogP contribution in [0.3, 0.4) is 0 Å². The molecule has 1 amide bonds. The lowest BCUT2D eigenvalue weighted by Crippen LogP contribution is -2.38. The van der Waals surface area contributed by atoms with Gasteiger partial charge in [0.1, 0.15) is 6.04 Å². The van der Waals surface area contributed by atoms with Crippen LogP contribution in [0.5, 0.6) is 0 Å².